The van der Waals surface area contributed by atoms with Crippen LogP contribution in [0.4, 0.5) is 5.69 Å². The van der Waals surface area contributed by atoms with Gasteiger partial charge in [-0.25, -0.2) is 0 Å². The van der Waals surface area contributed by atoms with Gasteiger partial charge in [-0.2, -0.15) is 0 Å². The third-order valence-corrected chi connectivity index (χ3v) is 5.56. The highest BCUT2D eigenvalue weighted by Crippen LogP contribution is 2.33. The number of hydrogen-bond acceptors (Lipinski definition) is 4. The summed E-state index contributed by atoms with van der Waals surface area (Å²) in [5.41, 5.74) is 0.774. The van der Waals surface area contributed by atoms with Crippen molar-refractivity contribution in [1.29, 1.82) is 0 Å². The van der Waals surface area contributed by atoms with E-state index in [-0.39, 0.29) is 11.8 Å². The maximum Gasteiger partial charge on any atom is 0.239 e. The Bertz CT molecular complexity index is 681. The number of carbonyl (C=O) groups excluding carboxylic acids is 2. The Morgan fingerprint density at radius 3 is 2.15 bits per heavy atom. The van der Waals surface area contributed by atoms with Gasteiger partial charge in [0.1, 0.15) is 5.41 Å². The molecule has 2 aliphatic rings. The van der Waals surface area contributed by atoms with E-state index >= 15 is 0 Å². The number of nitrogens with one attached hydrogen (secondary N) is 1. The Hall–Kier alpha value is -1.92. The molecular formula is C21H30N2O4. The fourth-order valence-electron chi connectivity index (χ4n) is 3.57. The number of rotatable bonds is 4. The van der Waals surface area contributed by atoms with Crippen molar-refractivity contribution in [3.8, 4) is 0 Å². The lowest BCUT2D eigenvalue weighted by Gasteiger charge is -2.40. The molecule has 3 rings (SSSR count). The molecule has 27 heavy (non-hydrogen) atoms. The van der Waals surface area contributed by atoms with Gasteiger partial charge < -0.3 is 19.7 Å². The molecule has 2 amide bonds. The van der Waals surface area contributed by atoms with Crippen LogP contribution in [0.3, 0.4) is 0 Å². The lowest BCUT2D eigenvalue weighted by atomic mass is 9.88. The number of carbonyl (C=O) groups is 2. The van der Waals surface area contributed by atoms with Crippen LogP contribution in [0.5, 0.6) is 0 Å². The lowest BCUT2D eigenvalue weighted by Crippen LogP contribution is -2.53. The molecular weight excluding hydrogens is 344 g/mol. The van der Waals surface area contributed by atoms with Crippen LogP contribution in [0.25, 0.3) is 0 Å². The summed E-state index contributed by atoms with van der Waals surface area (Å²) in [6.07, 6.45) is 1.29. The maximum absolute atomic E-state index is 13.0. The Morgan fingerprint density at radius 1 is 1.07 bits per heavy atom. The van der Waals surface area contributed by atoms with Gasteiger partial charge in [-0.1, -0.05) is 26.0 Å². The van der Waals surface area contributed by atoms with E-state index in [1.807, 2.05) is 24.3 Å². The normalized spacial score (nSPS) is 19.5. The van der Waals surface area contributed by atoms with E-state index in [9.17, 15) is 9.59 Å². The summed E-state index contributed by atoms with van der Waals surface area (Å²) in [6.45, 7) is 9.91. The summed E-state index contributed by atoms with van der Waals surface area (Å²) >= 11 is 0. The molecule has 1 aromatic rings. The van der Waals surface area contributed by atoms with Gasteiger partial charge >= 0.3 is 0 Å². The van der Waals surface area contributed by atoms with Gasteiger partial charge in [0.05, 0.1) is 13.2 Å². The molecule has 0 unspecified atom stereocenters. The summed E-state index contributed by atoms with van der Waals surface area (Å²) in [5.74, 6) is -0.547. The van der Waals surface area contributed by atoms with Crippen molar-refractivity contribution in [2.45, 2.75) is 52.2 Å². The second-order valence-electron chi connectivity index (χ2n) is 8.26. The first-order chi connectivity index (χ1) is 12.7. The Labute approximate surface area is 161 Å². The van der Waals surface area contributed by atoms with Crippen molar-refractivity contribution < 1.29 is 19.1 Å². The molecule has 1 spiro atoms. The molecule has 6 heteroatoms. The molecule has 148 valence electrons. The molecule has 0 aromatic heterocycles. The third-order valence-electron chi connectivity index (χ3n) is 5.56. The second kappa shape index (κ2) is 7.60. The molecule has 6 nitrogen and oxygen atoms in total. The number of piperidine rings is 1. The van der Waals surface area contributed by atoms with E-state index in [1.54, 1.807) is 18.7 Å². The second-order valence-corrected chi connectivity index (χ2v) is 8.26. The van der Waals surface area contributed by atoms with Crippen molar-refractivity contribution in [1.82, 2.24) is 4.90 Å². The van der Waals surface area contributed by atoms with Crippen LogP contribution in [0.1, 0.15) is 52.0 Å². The molecule has 1 N–H and O–H groups in total. The molecule has 1 aromatic carbocycles. The van der Waals surface area contributed by atoms with Crippen molar-refractivity contribution >= 4 is 17.5 Å². The van der Waals surface area contributed by atoms with Crippen molar-refractivity contribution in [3.63, 3.8) is 0 Å². The molecule has 2 heterocycles. The number of nitrogens with zero attached hydrogens (tertiary/aromatic N) is 1. The zero-order chi connectivity index (χ0) is 19.7. The monoisotopic (exact) mass is 374 g/mol. The van der Waals surface area contributed by atoms with E-state index in [0.29, 0.717) is 50.8 Å². The van der Waals surface area contributed by atoms with E-state index < -0.39 is 11.2 Å². The first kappa shape index (κ1) is 19.8. The number of ether oxygens (including phenoxy) is 2. The molecule has 0 radical (unpaired) electrons. The van der Waals surface area contributed by atoms with E-state index in [2.05, 4.69) is 19.2 Å². The Kier molecular flexibility index (Phi) is 5.58. The quantitative estimate of drug-likeness (QED) is 0.822. The van der Waals surface area contributed by atoms with Gasteiger partial charge in [0.25, 0.3) is 0 Å². The zero-order valence-corrected chi connectivity index (χ0v) is 16.7. The van der Waals surface area contributed by atoms with E-state index in [0.717, 1.165) is 0 Å². The van der Waals surface area contributed by atoms with Crippen LogP contribution >= 0.6 is 0 Å². The molecule has 0 aliphatic carbocycles. The zero-order valence-electron chi connectivity index (χ0n) is 16.7. The summed E-state index contributed by atoms with van der Waals surface area (Å²) in [7, 11) is 0. The molecule has 2 aliphatic heterocycles. The van der Waals surface area contributed by atoms with Crippen LogP contribution in [0.15, 0.2) is 24.3 Å². The molecule has 2 saturated heterocycles. The highest BCUT2D eigenvalue weighted by Gasteiger charge is 2.45. The van der Waals surface area contributed by atoms with E-state index in [4.69, 9.17) is 9.47 Å². The predicted molar refractivity (Wildman–Crippen MR) is 103 cm³/mol. The first-order valence-corrected chi connectivity index (χ1v) is 9.72. The predicted octanol–water partition coefficient (Wildman–Crippen LogP) is 3.14. The number of amides is 2. The average Bonchev–Trinajstić information content (AvgIpc) is 3.10. The number of hydrogen-bond donors (Lipinski definition) is 1. The van der Waals surface area contributed by atoms with E-state index in [1.165, 1.54) is 5.56 Å². The van der Waals surface area contributed by atoms with Crippen LogP contribution in [-0.4, -0.2) is 48.8 Å². The molecule has 0 atom stereocenters. The van der Waals surface area contributed by atoms with Gasteiger partial charge in [-0.3, -0.25) is 9.59 Å². The van der Waals surface area contributed by atoms with Gasteiger partial charge in [0, 0.05) is 31.6 Å². The highest BCUT2D eigenvalue weighted by atomic mass is 16.7. The van der Waals surface area contributed by atoms with Crippen molar-refractivity contribution in [3.05, 3.63) is 29.8 Å². The lowest BCUT2D eigenvalue weighted by molar-refractivity contribution is -0.189. The minimum Gasteiger partial charge on any atom is -0.347 e. The highest BCUT2D eigenvalue weighted by molar-refractivity contribution is 6.09. The number of anilines is 1. The van der Waals surface area contributed by atoms with Gasteiger partial charge in [0.15, 0.2) is 5.79 Å². The molecule has 0 bridgehead atoms. The minimum atomic E-state index is -1.14. The minimum absolute atomic E-state index is 0.161. The van der Waals surface area contributed by atoms with Crippen molar-refractivity contribution in [2.75, 3.05) is 31.6 Å². The Morgan fingerprint density at radius 2 is 1.63 bits per heavy atom. The van der Waals surface area contributed by atoms with Crippen LogP contribution in [-0.2, 0) is 19.1 Å². The van der Waals surface area contributed by atoms with Crippen LogP contribution in [0, 0.1) is 5.41 Å². The maximum atomic E-state index is 13.0. The topological polar surface area (TPSA) is 67.9 Å². The number of benzene rings is 1. The van der Waals surface area contributed by atoms with Crippen molar-refractivity contribution in [2.24, 2.45) is 5.41 Å². The van der Waals surface area contributed by atoms with Crippen LogP contribution < -0.4 is 5.32 Å². The average molecular weight is 374 g/mol. The summed E-state index contributed by atoms with van der Waals surface area (Å²) in [6, 6.07) is 7.77. The third kappa shape index (κ3) is 4.17. The first-order valence-electron chi connectivity index (χ1n) is 9.72. The number of likely N-dealkylation sites (tertiary alicyclic amines) is 1. The summed E-state index contributed by atoms with van der Waals surface area (Å²) in [5, 5.41) is 2.88. The molecule has 2 fully saturated rings. The smallest absolute Gasteiger partial charge is 0.239 e. The largest absolute Gasteiger partial charge is 0.347 e. The van der Waals surface area contributed by atoms with Crippen LogP contribution in [0.2, 0.25) is 0 Å². The Balaban J connectivity index is 1.60. The summed E-state index contributed by atoms with van der Waals surface area (Å²) < 4.78 is 11.4. The standard InChI is InChI=1S/C21H30N2O4/c1-15(2)16-5-7-17(8-6-16)22-18(24)20(3,4)19(25)23-11-9-21(10-12-23)26-13-14-27-21/h5-8,15H,9-14H2,1-4H3,(H,22,24). The van der Waals surface area contributed by atoms with Gasteiger partial charge in [0.2, 0.25) is 11.8 Å². The fourth-order valence-corrected chi connectivity index (χ4v) is 3.57. The van der Waals surface area contributed by atoms with Gasteiger partial charge in [-0.05, 0) is 37.5 Å². The SMILES string of the molecule is CC(C)c1ccc(NC(=O)C(C)(C)C(=O)N2CCC3(CC2)OCCO3)cc1. The molecule has 0 saturated carbocycles. The fraction of sp³-hybridized carbons (Fsp3) is 0.619. The summed E-state index contributed by atoms with van der Waals surface area (Å²) in [4.78, 5) is 27.5. The van der Waals surface area contributed by atoms with Gasteiger partial charge in [-0.15, -0.1) is 0 Å².